The lowest BCUT2D eigenvalue weighted by molar-refractivity contribution is 0.0695. The van der Waals surface area contributed by atoms with Gasteiger partial charge >= 0.3 is 5.97 Å². The summed E-state index contributed by atoms with van der Waals surface area (Å²) in [4.78, 5) is 23.2. The van der Waals surface area contributed by atoms with Crippen molar-refractivity contribution in [3.8, 4) is 0 Å². The lowest BCUT2D eigenvalue weighted by atomic mass is 10.1. The molecule has 108 valence electrons. The molecule has 0 unspecified atom stereocenters. The zero-order chi connectivity index (χ0) is 15.6. The summed E-state index contributed by atoms with van der Waals surface area (Å²) in [5.74, 6) is -1.43. The normalized spacial score (nSPS) is 10.2. The zero-order valence-corrected chi connectivity index (χ0v) is 13.7. The molecule has 0 saturated carbocycles. The number of nitrogens with two attached hydrogens (primary N) is 1. The minimum Gasteiger partial charge on any atom is -0.478 e. The fraction of sp³-hybridized carbons (Fsp3) is 0. The first-order valence-corrected chi connectivity index (χ1v) is 7.36. The maximum Gasteiger partial charge on any atom is 0.336 e. The smallest absolute Gasteiger partial charge is 0.336 e. The second-order valence-electron chi connectivity index (χ2n) is 4.19. The molecule has 0 aliphatic rings. The number of carbonyl (C=O) groups is 2. The van der Waals surface area contributed by atoms with E-state index in [9.17, 15) is 9.59 Å². The number of rotatable bonds is 3. The lowest BCUT2D eigenvalue weighted by Crippen LogP contribution is -2.12. The summed E-state index contributed by atoms with van der Waals surface area (Å²) >= 11 is 6.40. The fourth-order valence-electron chi connectivity index (χ4n) is 1.64. The first-order valence-electron chi connectivity index (χ1n) is 5.77. The van der Waals surface area contributed by atoms with Gasteiger partial charge in [-0.15, -0.1) is 0 Å². The molecule has 2 rings (SSSR count). The highest BCUT2D eigenvalue weighted by Crippen LogP contribution is 2.23. The average Bonchev–Trinajstić information content (AvgIpc) is 2.43. The molecule has 2 aromatic rings. The molecule has 5 nitrogen and oxygen atoms in total. The number of aromatic carboxylic acids is 1. The molecule has 7 heteroatoms. The molecule has 0 spiro atoms. The summed E-state index contributed by atoms with van der Waals surface area (Å²) in [6, 6.07) is 9.37. The van der Waals surface area contributed by atoms with Gasteiger partial charge in [-0.05, 0) is 68.3 Å². The van der Waals surface area contributed by atoms with E-state index in [1.165, 1.54) is 6.07 Å². The van der Waals surface area contributed by atoms with Crippen LogP contribution < -0.4 is 11.1 Å². The van der Waals surface area contributed by atoms with E-state index in [1.54, 1.807) is 30.3 Å². The number of nitrogens with one attached hydrogen (secondary N) is 1. The van der Waals surface area contributed by atoms with Crippen LogP contribution in [-0.2, 0) is 0 Å². The van der Waals surface area contributed by atoms with Crippen LogP contribution in [0.4, 0.5) is 11.4 Å². The highest BCUT2D eigenvalue weighted by molar-refractivity contribution is 9.11. The minimum atomic E-state index is -1.08. The van der Waals surface area contributed by atoms with Gasteiger partial charge in [0, 0.05) is 25.9 Å². The molecule has 21 heavy (non-hydrogen) atoms. The number of nitrogen functional groups attached to an aromatic ring is 1. The predicted molar refractivity (Wildman–Crippen MR) is 87.6 cm³/mol. The van der Waals surface area contributed by atoms with Crippen LogP contribution in [0.25, 0.3) is 0 Å². The number of halogens is 2. The van der Waals surface area contributed by atoms with Gasteiger partial charge in [-0.2, -0.15) is 0 Å². The molecular weight excluding hydrogens is 404 g/mol. The van der Waals surface area contributed by atoms with Gasteiger partial charge in [-0.25, -0.2) is 4.79 Å². The SMILES string of the molecule is Nc1ccc(C(=O)Nc2ccc(Br)c(C(=O)O)c2)cc1Br. The third-order valence-electron chi connectivity index (χ3n) is 2.72. The number of benzene rings is 2. The van der Waals surface area contributed by atoms with E-state index in [0.717, 1.165) is 0 Å². The van der Waals surface area contributed by atoms with Crippen LogP contribution in [0.3, 0.4) is 0 Å². The predicted octanol–water partition coefficient (Wildman–Crippen LogP) is 3.74. The molecule has 2 aromatic carbocycles. The molecule has 0 atom stereocenters. The summed E-state index contributed by atoms with van der Waals surface area (Å²) < 4.78 is 1.07. The highest BCUT2D eigenvalue weighted by Gasteiger charge is 2.12. The second-order valence-corrected chi connectivity index (χ2v) is 5.90. The Kier molecular flexibility index (Phi) is 4.64. The van der Waals surface area contributed by atoms with Crippen LogP contribution in [0.1, 0.15) is 20.7 Å². The van der Waals surface area contributed by atoms with Crippen molar-refractivity contribution in [2.24, 2.45) is 0 Å². The van der Waals surface area contributed by atoms with Crippen LogP contribution in [-0.4, -0.2) is 17.0 Å². The number of hydrogen-bond acceptors (Lipinski definition) is 3. The Hall–Kier alpha value is -1.86. The molecule has 0 aliphatic carbocycles. The standard InChI is InChI=1S/C14H10Br2N2O3/c15-10-3-2-8(6-9(10)14(20)21)18-13(19)7-1-4-12(17)11(16)5-7/h1-6H,17H2,(H,18,19)(H,20,21). The molecule has 0 fully saturated rings. The Labute approximate surface area is 137 Å². The average molecular weight is 414 g/mol. The zero-order valence-electron chi connectivity index (χ0n) is 10.6. The van der Waals surface area contributed by atoms with Crippen LogP contribution in [0.5, 0.6) is 0 Å². The van der Waals surface area contributed by atoms with E-state index < -0.39 is 5.97 Å². The Morgan fingerprint density at radius 3 is 2.38 bits per heavy atom. The van der Waals surface area contributed by atoms with E-state index in [1.807, 2.05) is 0 Å². The van der Waals surface area contributed by atoms with Crippen molar-refractivity contribution in [1.29, 1.82) is 0 Å². The van der Waals surface area contributed by atoms with Gasteiger partial charge in [0.05, 0.1) is 5.56 Å². The van der Waals surface area contributed by atoms with Crippen molar-refractivity contribution in [3.63, 3.8) is 0 Å². The van der Waals surface area contributed by atoms with Crippen LogP contribution in [0.15, 0.2) is 45.3 Å². The second kappa shape index (κ2) is 6.28. The number of amides is 1. The van der Waals surface area contributed by atoms with Gasteiger partial charge in [0.25, 0.3) is 5.91 Å². The summed E-state index contributed by atoms with van der Waals surface area (Å²) in [5, 5.41) is 11.7. The summed E-state index contributed by atoms with van der Waals surface area (Å²) in [6.45, 7) is 0. The molecule has 4 N–H and O–H groups in total. The molecule has 0 radical (unpaired) electrons. The number of carbonyl (C=O) groups excluding carboxylic acids is 1. The molecule has 0 aliphatic heterocycles. The first kappa shape index (κ1) is 15.5. The minimum absolute atomic E-state index is 0.0753. The first-order chi connectivity index (χ1) is 9.88. The van der Waals surface area contributed by atoms with Crippen molar-refractivity contribution in [2.75, 3.05) is 11.1 Å². The van der Waals surface area contributed by atoms with Crippen LogP contribution in [0.2, 0.25) is 0 Å². The highest BCUT2D eigenvalue weighted by atomic mass is 79.9. The summed E-state index contributed by atoms with van der Waals surface area (Å²) in [5.41, 5.74) is 7.08. The molecule has 0 aromatic heterocycles. The van der Waals surface area contributed by atoms with Gasteiger partial charge in [0.15, 0.2) is 0 Å². The third kappa shape index (κ3) is 3.62. The lowest BCUT2D eigenvalue weighted by Gasteiger charge is -2.08. The third-order valence-corrected chi connectivity index (χ3v) is 4.10. The van der Waals surface area contributed by atoms with Crippen LogP contribution >= 0.6 is 31.9 Å². The van der Waals surface area contributed by atoms with Crippen molar-refractivity contribution >= 4 is 55.1 Å². The molecule has 0 saturated heterocycles. The van der Waals surface area contributed by atoms with Gasteiger partial charge in [-0.3, -0.25) is 4.79 Å². The Morgan fingerprint density at radius 2 is 1.76 bits per heavy atom. The Bertz CT molecular complexity index is 732. The Balaban J connectivity index is 2.25. The van der Waals surface area contributed by atoms with E-state index >= 15 is 0 Å². The summed E-state index contributed by atoms with van der Waals surface area (Å²) in [7, 11) is 0. The van der Waals surface area contributed by atoms with Gasteiger partial charge in [-0.1, -0.05) is 0 Å². The number of carboxylic acid groups (broad SMARTS) is 1. The van der Waals surface area contributed by atoms with E-state index in [4.69, 9.17) is 10.8 Å². The van der Waals surface area contributed by atoms with Gasteiger partial charge in [0.1, 0.15) is 0 Å². The monoisotopic (exact) mass is 412 g/mol. The maximum atomic E-state index is 12.1. The van der Waals surface area contributed by atoms with Crippen molar-refractivity contribution in [2.45, 2.75) is 0 Å². The van der Waals surface area contributed by atoms with Crippen molar-refractivity contribution in [3.05, 3.63) is 56.5 Å². The topological polar surface area (TPSA) is 92.4 Å². The summed E-state index contributed by atoms with van der Waals surface area (Å²) in [6.07, 6.45) is 0. The number of anilines is 2. The van der Waals surface area contributed by atoms with Gasteiger partial charge in [0.2, 0.25) is 0 Å². The fourth-order valence-corrected chi connectivity index (χ4v) is 2.43. The van der Waals surface area contributed by atoms with Crippen molar-refractivity contribution in [1.82, 2.24) is 0 Å². The quantitative estimate of drug-likeness (QED) is 0.668. The number of hydrogen-bond donors (Lipinski definition) is 3. The Morgan fingerprint density at radius 1 is 1.05 bits per heavy atom. The van der Waals surface area contributed by atoms with E-state index in [2.05, 4.69) is 37.2 Å². The largest absolute Gasteiger partial charge is 0.478 e. The van der Waals surface area contributed by atoms with Gasteiger partial charge < -0.3 is 16.2 Å². The maximum absolute atomic E-state index is 12.1. The van der Waals surface area contributed by atoms with E-state index in [0.29, 0.717) is 25.9 Å². The molecule has 1 amide bonds. The van der Waals surface area contributed by atoms with E-state index in [-0.39, 0.29) is 11.5 Å². The number of carboxylic acids is 1. The van der Waals surface area contributed by atoms with Crippen molar-refractivity contribution < 1.29 is 14.7 Å². The molecular formula is C14H10Br2N2O3. The molecule has 0 heterocycles. The molecule has 0 bridgehead atoms. The van der Waals surface area contributed by atoms with Crippen LogP contribution in [0, 0.1) is 0 Å².